The van der Waals surface area contributed by atoms with Crippen molar-refractivity contribution >= 4 is 12.4 Å². The Kier molecular flexibility index (Phi) is 3.04. The van der Waals surface area contributed by atoms with Gasteiger partial charge in [-0.05, 0) is 30.8 Å². The molecule has 3 fully saturated rings. The van der Waals surface area contributed by atoms with Gasteiger partial charge in [-0.2, -0.15) is 0 Å². The average Bonchev–Trinajstić information content (AvgIpc) is 2.82. The quantitative estimate of drug-likeness (QED) is 0.335. The lowest BCUT2D eigenvalue weighted by Gasteiger charge is -2.26. The Morgan fingerprint density at radius 1 is 1.25 bits per heavy atom. The van der Waals surface area contributed by atoms with Crippen LogP contribution in [0.5, 0.6) is 0 Å². The summed E-state index contributed by atoms with van der Waals surface area (Å²) in [6.45, 7) is 12.6. The highest BCUT2D eigenvalue weighted by Crippen LogP contribution is 2.52. The van der Waals surface area contributed by atoms with E-state index in [1.54, 1.807) is 0 Å². The van der Waals surface area contributed by atoms with E-state index in [0.717, 1.165) is 24.0 Å². The fraction of sp³-hybridized carbons (Fsp3) is 0.500. The molecule has 5 unspecified atom stereocenters. The highest BCUT2D eigenvalue weighted by Gasteiger charge is 2.53. The molecular formula is C16H18O4. The molecule has 3 aliphatic rings. The predicted molar refractivity (Wildman–Crippen MR) is 72.6 cm³/mol. The lowest BCUT2D eigenvalue weighted by Crippen LogP contribution is -2.29. The van der Waals surface area contributed by atoms with Gasteiger partial charge in [0.1, 0.15) is 12.2 Å². The molecule has 20 heavy (non-hydrogen) atoms. The number of carbonyl (C=O) groups excluding carboxylic acids is 2. The number of allylic oxidation sites excluding steroid dienone is 1. The summed E-state index contributed by atoms with van der Waals surface area (Å²) in [4.78, 5) is 22.4. The third-order valence-electron chi connectivity index (χ3n) is 4.97. The van der Waals surface area contributed by atoms with Gasteiger partial charge in [0.15, 0.2) is 0 Å². The highest BCUT2D eigenvalue weighted by molar-refractivity contribution is 5.91. The Morgan fingerprint density at radius 3 is 2.70 bits per heavy atom. The van der Waals surface area contributed by atoms with Gasteiger partial charge in [0.05, 0.1) is 0 Å². The van der Waals surface area contributed by atoms with E-state index < -0.39 is 0 Å². The molecule has 4 heteroatoms. The molecule has 0 aromatic rings. The summed E-state index contributed by atoms with van der Waals surface area (Å²) in [5.74, 6) is -0.121. The van der Waals surface area contributed by atoms with Crippen LogP contribution < -0.4 is 0 Å². The van der Waals surface area contributed by atoms with Crippen molar-refractivity contribution in [2.75, 3.05) is 0 Å². The monoisotopic (exact) mass is 274 g/mol. The molecule has 2 saturated carbocycles. The molecule has 0 spiro atoms. The normalized spacial score (nSPS) is 39.9. The largest absolute Gasteiger partial charge is 0.460 e. The SMILES string of the molecule is C=C1C(=O)OC2C1CCC(=C)C1CC(OC=O)C(=C)C12. The molecule has 106 valence electrons. The molecule has 1 heterocycles. The Bertz CT molecular complexity index is 519. The second-order valence-electron chi connectivity index (χ2n) is 5.86. The first-order chi connectivity index (χ1) is 9.54. The van der Waals surface area contributed by atoms with Crippen LogP contribution in [0.3, 0.4) is 0 Å². The molecule has 0 bridgehead atoms. The Hall–Kier alpha value is -1.84. The van der Waals surface area contributed by atoms with Gasteiger partial charge in [-0.15, -0.1) is 0 Å². The van der Waals surface area contributed by atoms with Crippen LogP contribution in [0.4, 0.5) is 0 Å². The Balaban J connectivity index is 1.96. The second-order valence-corrected chi connectivity index (χ2v) is 5.86. The molecule has 0 aromatic carbocycles. The standard InChI is InChI=1S/C16H18O4/c1-8-4-5-11-9(2)16(18)20-15(11)14-10(3)13(19-7-17)6-12(8)14/h7,11-15H,1-6H2. The van der Waals surface area contributed by atoms with E-state index in [0.29, 0.717) is 18.5 Å². The molecular weight excluding hydrogens is 256 g/mol. The van der Waals surface area contributed by atoms with E-state index >= 15 is 0 Å². The lowest BCUT2D eigenvalue weighted by atomic mass is 9.82. The van der Waals surface area contributed by atoms with Crippen LogP contribution in [-0.2, 0) is 19.1 Å². The maximum Gasteiger partial charge on any atom is 0.334 e. The predicted octanol–water partition coefficient (Wildman–Crippen LogP) is 2.17. The summed E-state index contributed by atoms with van der Waals surface area (Å²) in [5, 5.41) is 0. The van der Waals surface area contributed by atoms with Gasteiger partial charge < -0.3 is 9.47 Å². The molecule has 1 saturated heterocycles. The number of ether oxygens (including phenoxy) is 2. The van der Waals surface area contributed by atoms with Crippen LogP contribution in [-0.4, -0.2) is 24.6 Å². The second kappa shape index (κ2) is 4.62. The maximum absolute atomic E-state index is 11.8. The highest BCUT2D eigenvalue weighted by atomic mass is 16.6. The van der Waals surface area contributed by atoms with Crippen LogP contribution in [0.1, 0.15) is 19.3 Å². The molecule has 0 radical (unpaired) electrons. The van der Waals surface area contributed by atoms with Gasteiger partial charge in [0, 0.05) is 17.4 Å². The maximum atomic E-state index is 11.8. The smallest absolute Gasteiger partial charge is 0.334 e. The fourth-order valence-corrected chi connectivity index (χ4v) is 3.89. The summed E-state index contributed by atoms with van der Waals surface area (Å²) in [5.41, 5.74) is 2.52. The van der Waals surface area contributed by atoms with Gasteiger partial charge in [0.2, 0.25) is 0 Å². The zero-order chi connectivity index (χ0) is 14.4. The first kappa shape index (κ1) is 13.2. The van der Waals surface area contributed by atoms with Crippen molar-refractivity contribution in [3.05, 3.63) is 36.5 Å². The minimum absolute atomic E-state index is 0.0110. The average molecular weight is 274 g/mol. The summed E-state index contributed by atoms with van der Waals surface area (Å²) < 4.78 is 10.6. The van der Waals surface area contributed by atoms with Crippen molar-refractivity contribution in [2.24, 2.45) is 17.8 Å². The first-order valence-electron chi connectivity index (χ1n) is 6.89. The number of rotatable bonds is 2. The van der Waals surface area contributed by atoms with Crippen molar-refractivity contribution in [3.8, 4) is 0 Å². The number of hydrogen-bond donors (Lipinski definition) is 0. The number of fused-ring (bicyclic) bond motifs is 3. The summed E-state index contributed by atoms with van der Waals surface area (Å²) in [6.07, 6.45) is 1.85. The number of carbonyl (C=O) groups is 2. The van der Waals surface area contributed by atoms with Gasteiger partial charge in [-0.25, -0.2) is 4.79 Å². The molecule has 5 atom stereocenters. The van der Waals surface area contributed by atoms with Crippen LogP contribution in [0.2, 0.25) is 0 Å². The zero-order valence-electron chi connectivity index (χ0n) is 11.3. The molecule has 3 rings (SSSR count). The third kappa shape index (κ3) is 1.74. The molecule has 0 aromatic heterocycles. The molecule has 0 N–H and O–H groups in total. The van der Waals surface area contributed by atoms with Crippen LogP contribution in [0.15, 0.2) is 36.5 Å². The minimum atomic E-state index is -0.307. The van der Waals surface area contributed by atoms with Crippen LogP contribution in [0.25, 0.3) is 0 Å². The zero-order valence-corrected chi connectivity index (χ0v) is 11.3. The van der Waals surface area contributed by atoms with Crippen molar-refractivity contribution in [1.29, 1.82) is 0 Å². The number of hydrogen-bond acceptors (Lipinski definition) is 4. The van der Waals surface area contributed by atoms with E-state index in [1.165, 1.54) is 0 Å². The van der Waals surface area contributed by atoms with Crippen LogP contribution in [0, 0.1) is 17.8 Å². The Morgan fingerprint density at radius 2 is 2.00 bits per heavy atom. The summed E-state index contributed by atoms with van der Waals surface area (Å²) >= 11 is 0. The molecule has 2 aliphatic carbocycles. The lowest BCUT2D eigenvalue weighted by molar-refractivity contribution is -0.141. The first-order valence-corrected chi connectivity index (χ1v) is 6.89. The van der Waals surface area contributed by atoms with Crippen molar-refractivity contribution in [3.63, 3.8) is 0 Å². The van der Waals surface area contributed by atoms with E-state index in [-0.39, 0.29) is 35.9 Å². The fourth-order valence-electron chi connectivity index (χ4n) is 3.89. The van der Waals surface area contributed by atoms with Crippen molar-refractivity contribution in [1.82, 2.24) is 0 Å². The van der Waals surface area contributed by atoms with E-state index in [2.05, 4.69) is 19.7 Å². The molecule has 1 aliphatic heterocycles. The minimum Gasteiger partial charge on any atom is -0.460 e. The summed E-state index contributed by atoms with van der Waals surface area (Å²) in [6, 6.07) is 0. The van der Waals surface area contributed by atoms with Crippen molar-refractivity contribution in [2.45, 2.75) is 31.5 Å². The topological polar surface area (TPSA) is 52.6 Å². The van der Waals surface area contributed by atoms with E-state index in [4.69, 9.17) is 9.47 Å². The van der Waals surface area contributed by atoms with Gasteiger partial charge >= 0.3 is 5.97 Å². The van der Waals surface area contributed by atoms with Gasteiger partial charge in [-0.1, -0.05) is 25.3 Å². The number of esters is 1. The summed E-state index contributed by atoms with van der Waals surface area (Å²) in [7, 11) is 0. The van der Waals surface area contributed by atoms with Crippen molar-refractivity contribution < 1.29 is 19.1 Å². The van der Waals surface area contributed by atoms with Gasteiger partial charge in [-0.3, -0.25) is 4.79 Å². The Labute approximate surface area is 118 Å². The third-order valence-corrected chi connectivity index (χ3v) is 4.97. The van der Waals surface area contributed by atoms with Gasteiger partial charge in [0.25, 0.3) is 6.47 Å². The molecule has 4 nitrogen and oxygen atoms in total. The van der Waals surface area contributed by atoms with E-state index in [1.807, 2.05) is 0 Å². The van der Waals surface area contributed by atoms with Crippen LogP contribution >= 0.6 is 0 Å². The van der Waals surface area contributed by atoms with E-state index in [9.17, 15) is 9.59 Å². The molecule has 0 amide bonds.